The van der Waals surface area contributed by atoms with Crippen molar-refractivity contribution >= 4 is 15.9 Å². The molecule has 1 aliphatic heterocycles. The lowest BCUT2D eigenvalue weighted by molar-refractivity contribution is 0.174. The minimum atomic E-state index is 0.0268. The Morgan fingerprint density at radius 2 is 2.50 bits per heavy atom. The van der Waals surface area contributed by atoms with Crippen molar-refractivity contribution in [1.82, 2.24) is 4.98 Å². The van der Waals surface area contributed by atoms with E-state index in [1.807, 2.05) is 0 Å². The topological polar surface area (TPSA) is 35.3 Å². The van der Waals surface area contributed by atoms with Crippen molar-refractivity contribution in [3.8, 4) is 0 Å². The van der Waals surface area contributed by atoms with Gasteiger partial charge in [0.25, 0.3) is 4.80 Å². The zero-order valence-electron chi connectivity index (χ0n) is 6.84. The van der Waals surface area contributed by atoms with Crippen LogP contribution in [0.25, 0.3) is 0 Å². The van der Waals surface area contributed by atoms with Crippen LogP contribution in [0.5, 0.6) is 0 Å². The van der Waals surface area contributed by atoms with E-state index in [2.05, 4.69) is 27.8 Å². The highest BCUT2D eigenvalue weighted by atomic mass is 79.9. The van der Waals surface area contributed by atoms with Crippen molar-refractivity contribution < 1.29 is 9.15 Å². The average Bonchev–Trinajstić information content (AvgIpc) is 2.59. The Hall–Kier alpha value is -0.350. The molecule has 1 saturated heterocycles. The van der Waals surface area contributed by atoms with Crippen LogP contribution in [0.2, 0.25) is 0 Å². The molecular weight excluding hydrogens is 222 g/mol. The van der Waals surface area contributed by atoms with Crippen LogP contribution < -0.4 is 0 Å². The highest BCUT2D eigenvalue weighted by Gasteiger charge is 2.35. The fourth-order valence-electron chi connectivity index (χ4n) is 1.39. The summed E-state index contributed by atoms with van der Waals surface area (Å²) in [7, 11) is 0. The number of hydrogen-bond acceptors (Lipinski definition) is 3. The van der Waals surface area contributed by atoms with E-state index in [1.54, 1.807) is 6.20 Å². The molecule has 1 atom stereocenters. The molecule has 1 aliphatic rings. The third-order valence-corrected chi connectivity index (χ3v) is 2.66. The molecule has 0 aliphatic carbocycles. The summed E-state index contributed by atoms with van der Waals surface area (Å²) < 4.78 is 10.7. The predicted octanol–water partition coefficient (Wildman–Crippen LogP) is 2.12. The van der Waals surface area contributed by atoms with Gasteiger partial charge in [-0.2, -0.15) is 0 Å². The van der Waals surface area contributed by atoms with Gasteiger partial charge in [0.05, 0.1) is 18.2 Å². The maximum absolute atomic E-state index is 5.40. The Kier molecular flexibility index (Phi) is 1.96. The van der Waals surface area contributed by atoms with Crippen LogP contribution in [0.3, 0.4) is 0 Å². The van der Waals surface area contributed by atoms with E-state index in [0.717, 1.165) is 25.4 Å². The molecule has 1 unspecified atom stereocenters. The summed E-state index contributed by atoms with van der Waals surface area (Å²) in [4.78, 5) is 4.55. The molecule has 0 N–H and O–H groups in total. The van der Waals surface area contributed by atoms with E-state index < -0.39 is 0 Å². The van der Waals surface area contributed by atoms with Gasteiger partial charge in [0.1, 0.15) is 5.76 Å². The SMILES string of the molecule is CC1(c2cnc(Br)o2)CCOC1. The van der Waals surface area contributed by atoms with E-state index in [4.69, 9.17) is 9.15 Å². The molecule has 0 spiro atoms. The Bertz CT molecular complexity index is 278. The van der Waals surface area contributed by atoms with E-state index in [-0.39, 0.29) is 5.41 Å². The molecule has 1 aromatic rings. The zero-order valence-corrected chi connectivity index (χ0v) is 8.43. The van der Waals surface area contributed by atoms with Gasteiger partial charge >= 0.3 is 0 Å². The second-order valence-electron chi connectivity index (χ2n) is 3.34. The molecule has 1 fully saturated rings. The second kappa shape index (κ2) is 2.85. The van der Waals surface area contributed by atoms with Crippen molar-refractivity contribution in [2.75, 3.05) is 13.2 Å². The van der Waals surface area contributed by atoms with E-state index in [1.165, 1.54) is 0 Å². The highest BCUT2D eigenvalue weighted by molar-refractivity contribution is 9.10. The van der Waals surface area contributed by atoms with E-state index >= 15 is 0 Å². The van der Waals surface area contributed by atoms with Gasteiger partial charge in [-0.15, -0.1) is 0 Å². The average molecular weight is 232 g/mol. The first-order chi connectivity index (χ1) is 5.71. The largest absolute Gasteiger partial charge is 0.436 e. The molecule has 2 rings (SSSR count). The van der Waals surface area contributed by atoms with Crippen molar-refractivity contribution in [1.29, 1.82) is 0 Å². The van der Waals surface area contributed by atoms with Crippen molar-refractivity contribution in [2.24, 2.45) is 0 Å². The van der Waals surface area contributed by atoms with Gasteiger partial charge in [0, 0.05) is 22.5 Å². The van der Waals surface area contributed by atoms with Gasteiger partial charge in [0.2, 0.25) is 0 Å². The number of ether oxygens (including phenoxy) is 1. The monoisotopic (exact) mass is 231 g/mol. The maximum atomic E-state index is 5.40. The van der Waals surface area contributed by atoms with Crippen LogP contribution >= 0.6 is 15.9 Å². The lowest BCUT2D eigenvalue weighted by atomic mass is 9.88. The standard InChI is InChI=1S/C8H10BrNO2/c1-8(2-3-11-5-8)6-4-10-7(9)12-6/h4H,2-3,5H2,1H3. The van der Waals surface area contributed by atoms with Crippen LogP contribution in [-0.2, 0) is 10.2 Å². The van der Waals surface area contributed by atoms with E-state index in [0.29, 0.717) is 4.80 Å². The van der Waals surface area contributed by atoms with Gasteiger partial charge in [0.15, 0.2) is 0 Å². The summed E-state index contributed by atoms with van der Waals surface area (Å²) in [6, 6.07) is 0. The molecule has 0 amide bonds. The van der Waals surface area contributed by atoms with Crippen molar-refractivity contribution in [2.45, 2.75) is 18.8 Å². The predicted molar refractivity (Wildman–Crippen MR) is 47.0 cm³/mol. The third-order valence-electron chi connectivity index (χ3n) is 2.29. The fraction of sp³-hybridized carbons (Fsp3) is 0.625. The summed E-state index contributed by atoms with van der Waals surface area (Å²) >= 11 is 3.18. The molecule has 0 aromatic carbocycles. The smallest absolute Gasteiger partial charge is 0.264 e. The first-order valence-electron chi connectivity index (χ1n) is 3.90. The zero-order chi connectivity index (χ0) is 8.60. The minimum absolute atomic E-state index is 0.0268. The summed E-state index contributed by atoms with van der Waals surface area (Å²) in [6.07, 6.45) is 2.77. The van der Waals surface area contributed by atoms with Gasteiger partial charge in [-0.1, -0.05) is 6.92 Å². The molecule has 1 aromatic heterocycles. The molecule has 0 saturated carbocycles. The van der Waals surface area contributed by atoms with Gasteiger partial charge < -0.3 is 9.15 Å². The summed E-state index contributed by atoms with van der Waals surface area (Å²) in [5.74, 6) is 0.909. The van der Waals surface area contributed by atoms with Crippen molar-refractivity contribution in [3.63, 3.8) is 0 Å². The van der Waals surface area contributed by atoms with Gasteiger partial charge in [-0.05, 0) is 6.42 Å². The van der Waals surface area contributed by atoms with Gasteiger partial charge in [-0.25, -0.2) is 4.98 Å². The molecule has 3 nitrogen and oxygen atoms in total. The fourth-order valence-corrected chi connectivity index (χ4v) is 1.67. The number of oxazole rings is 1. The molecule has 66 valence electrons. The minimum Gasteiger partial charge on any atom is -0.436 e. The van der Waals surface area contributed by atoms with E-state index in [9.17, 15) is 0 Å². The number of rotatable bonds is 1. The Morgan fingerprint density at radius 3 is 3.00 bits per heavy atom. The molecule has 0 radical (unpaired) electrons. The number of nitrogens with zero attached hydrogens (tertiary/aromatic N) is 1. The quantitative estimate of drug-likeness (QED) is 0.743. The first-order valence-corrected chi connectivity index (χ1v) is 4.70. The molecular formula is C8H10BrNO2. The van der Waals surface area contributed by atoms with Crippen LogP contribution in [0, 0.1) is 0 Å². The van der Waals surface area contributed by atoms with Crippen molar-refractivity contribution in [3.05, 3.63) is 16.8 Å². The normalized spacial score (nSPS) is 29.5. The van der Waals surface area contributed by atoms with Crippen LogP contribution in [0.1, 0.15) is 19.1 Å². The molecule has 2 heterocycles. The lowest BCUT2D eigenvalue weighted by Crippen LogP contribution is -2.20. The Balaban J connectivity index is 2.28. The molecule has 4 heteroatoms. The number of hydrogen-bond donors (Lipinski definition) is 0. The number of aromatic nitrogens is 1. The molecule has 12 heavy (non-hydrogen) atoms. The van der Waals surface area contributed by atoms with Crippen LogP contribution in [-0.4, -0.2) is 18.2 Å². The Morgan fingerprint density at radius 1 is 1.67 bits per heavy atom. The summed E-state index contributed by atoms with van der Waals surface area (Å²) in [6.45, 7) is 3.68. The highest BCUT2D eigenvalue weighted by Crippen LogP contribution is 2.33. The lowest BCUT2D eigenvalue weighted by Gasteiger charge is -2.16. The van der Waals surface area contributed by atoms with Crippen LogP contribution in [0.4, 0.5) is 0 Å². The van der Waals surface area contributed by atoms with Gasteiger partial charge in [-0.3, -0.25) is 0 Å². The second-order valence-corrected chi connectivity index (χ2v) is 4.02. The first kappa shape index (κ1) is 8.26. The summed E-state index contributed by atoms with van der Waals surface area (Å²) in [5, 5.41) is 0. The Labute approximate surface area is 79.2 Å². The third kappa shape index (κ3) is 1.29. The van der Waals surface area contributed by atoms with Crippen LogP contribution in [0.15, 0.2) is 15.4 Å². The number of halogens is 1. The maximum Gasteiger partial charge on any atom is 0.264 e. The molecule has 0 bridgehead atoms. The summed E-state index contributed by atoms with van der Waals surface area (Å²) in [5.41, 5.74) is 0.0268.